The summed E-state index contributed by atoms with van der Waals surface area (Å²) < 4.78 is 79.3. The Bertz CT molecular complexity index is 973. The van der Waals surface area contributed by atoms with Gasteiger partial charge in [0, 0.05) is 24.5 Å². The highest BCUT2D eigenvalue weighted by molar-refractivity contribution is 5.58. The third-order valence-electron chi connectivity index (χ3n) is 4.99. The quantitative estimate of drug-likeness (QED) is 0.465. The first-order valence-corrected chi connectivity index (χ1v) is 9.75. The zero-order valence-corrected chi connectivity index (χ0v) is 16.7. The molecule has 1 aliphatic rings. The topological polar surface area (TPSA) is 24.1 Å². The number of anilines is 2. The molecule has 0 heterocycles. The fourth-order valence-electron chi connectivity index (χ4n) is 3.43. The van der Waals surface area contributed by atoms with Crippen molar-refractivity contribution in [3.8, 4) is 0 Å². The predicted molar refractivity (Wildman–Crippen MR) is 110 cm³/mol. The Balaban J connectivity index is 1.66. The van der Waals surface area contributed by atoms with Gasteiger partial charge in [-0.1, -0.05) is 43.3 Å². The summed E-state index contributed by atoms with van der Waals surface area (Å²) in [5, 5.41) is 5.92. The number of allylic oxidation sites excluding steroid dienone is 2. The average Bonchev–Trinajstić information content (AvgIpc) is 2.70. The van der Waals surface area contributed by atoms with Crippen molar-refractivity contribution in [1.29, 1.82) is 0 Å². The molecule has 31 heavy (non-hydrogen) atoms. The summed E-state index contributed by atoms with van der Waals surface area (Å²) in [6.45, 7) is 1.69. The van der Waals surface area contributed by atoms with Crippen LogP contribution in [-0.2, 0) is 12.7 Å². The highest BCUT2D eigenvalue weighted by Crippen LogP contribution is 2.36. The normalized spacial score (nSPS) is 17.1. The number of hydrogen-bond donors (Lipinski definition) is 2. The van der Waals surface area contributed by atoms with Crippen LogP contribution in [0, 0.1) is 5.92 Å². The Morgan fingerprint density at radius 3 is 2.13 bits per heavy atom. The molecule has 0 saturated heterocycles. The van der Waals surface area contributed by atoms with Gasteiger partial charge >= 0.3 is 12.4 Å². The summed E-state index contributed by atoms with van der Waals surface area (Å²) in [7, 11) is 0. The summed E-state index contributed by atoms with van der Waals surface area (Å²) in [5.41, 5.74) is 0.0753. The summed E-state index contributed by atoms with van der Waals surface area (Å²) in [5.74, 6) is -0.174. The lowest BCUT2D eigenvalue weighted by Gasteiger charge is -2.22. The number of rotatable bonds is 6. The zero-order chi connectivity index (χ0) is 22.6. The first kappa shape index (κ1) is 22.8. The molecule has 0 aromatic heterocycles. The van der Waals surface area contributed by atoms with E-state index in [-0.39, 0.29) is 30.1 Å². The van der Waals surface area contributed by atoms with Gasteiger partial charge in [0.25, 0.3) is 0 Å². The molecule has 3 rings (SSSR count). The van der Waals surface area contributed by atoms with Gasteiger partial charge < -0.3 is 10.6 Å². The van der Waals surface area contributed by atoms with Crippen molar-refractivity contribution < 1.29 is 26.3 Å². The monoisotopic (exact) mass is 440 g/mol. The molecule has 0 fully saturated rings. The minimum Gasteiger partial charge on any atom is -0.381 e. The lowest BCUT2D eigenvalue weighted by Crippen LogP contribution is -2.21. The molecular weight excluding hydrogens is 418 g/mol. The second-order valence-corrected chi connectivity index (χ2v) is 7.46. The van der Waals surface area contributed by atoms with Gasteiger partial charge in [0.2, 0.25) is 0 Å². The Labute approximate surface area is 176 Å². The van der Waals surface area contributed by atoms with Gasteiger partial charge in [0.1, 0.15) is 0 Å². The molecule has 1 unspecified atom stereocenters. The molecule has 2 aromatic carbocycles. The van der Waals surface area contributed by atoms with E-state index in [2.05, 4.69) is 10.6 Å². The van der Waals surface area contributed by atoms with Crippen LogP contribution >= 0.6 is 0 Å². The first-order chi connectivity index (χ1) is 14.5. The van der Waals surface area contributed by atoms with Crippen LogP contribution in [0.1, 0.15) is 24.5 Å². The van der Waals surface area contributed by atoms with Crippen LogP contribution in [-0.4, -0.2) is 12.7 Å². The lowest BCUT2D eigenvalue weighted by molar-refractivity contribution is -0.138. The zero-order valence-electron chi connectivity index (χ0n) is 16.7. The van der Waals surface area contributed by atoms with E-state index in [4.69, 9.17) is 0 Å². The van der Waals surface area contributed by atoms with Crippen molar-refractivity contribution >= 4 is 11.4 Å². The van der Waals surface area contributed by atoms with Gasteiger partial charge in [-0.25, -0.2) is 0 Å². The van der Waals surface area contributed by atoms with Crippen LogP contribution < -0.4 is 10.6 Å². The molecule has 0 spiro atoms. The fourth-order valence-corrected chi connectivity index (χ4v) is 3.43. The molecule has 2 aromatic rings. The average molecular weight is 440 g/mol. The van der Waals surface area contributed by atoms with Gasteiger partial charge in [-0.05, 0) is 47.7 Å². The van der Waals surface area contributed by atoms with E-state index in [0.717, 1.165) is 6.07 Å². The molecule has 2 N–H and O–H groups in total. The molecule has 1 atom stereocenters. The molecule has 2 nitrogen and oxygen atoms in total. The molecular formula is C23H22F6N2. The van der Waals surface area contributed by atoms with Crippen LogP contribution in [0.15, 0.2) is 71.8 Å². The van der Waals surface area contributed by atoms with Crippen molar-refractivity contribution in [2.45, 2.75) is 32.2 Å². The van der Waals surface area contributed by atoms with E-state index in [1.807, 2.05) is 0 Å². The van der Waals surface area contributed by atoms with Crippen LogP contribution in [0.2, 0.25) is 0 Å². The van der Waals surface area contributed by atoms with Crippen molar-refractivity contribution in [2.24, 2.45) is 5.92 Å². The molecule has 0 amide bonds. The van der Waals surface area contributed by atoms with E-state index >= 15 is 0 Å². The second-order valence-electron chi connectivity index (χ2n) is 7.46. The van der Waals surface area contributed by atoms with Gasteiger partial charge in [-0.3, -0.25) is 0 Å². The Morgan fingerprint density at radius 2 is 1.48 bits per heavy atom. The lowest BCUT2D eigenvalue weighted by atomic mass is 9.91. The maximum Gasteiger partial charge on any atom is 0.416 e. The van der Waals surface area contributed by atoms with Crippen LogP contribution in [0.25, 0.3) is 0 Å². The second kappa shape index (κ2) is 9.08. The Morgan fingerprint density at radius 1 is 0.839 bits per heavy atom. The van der Waals surface area contributed by atoms with Crippen molar-refractivity contribution in [2.75, 3.05) is 17.2 Å². The third kappa shape index (κ3) is 6.06. The van der Waals surface area contributed by atoms with Gasteiger partial charge in [0.15, 0.2) is 0 Å². The van der Waals surface area contributed by atoms with E-state index < -0.39 is 23.5 Å². The van der Waals surface area contributed by atoms with E-state index in [1.54, 1.807) is 37.3 Å². The van der Waals surface area contributed by atoms with Crippen molar-refractivity contribution in [3.63, 3.8) is 0 Å². The van der Waals surface area contributed by atoms with Crippen LogP contribution in [0.5, 0.6) is 0 Å². The summed E-state index contributed by atoms with van der Waals surface area (Å²) in [6, 6.07) is 12.0. The smallest absolute Gasteiger partial charge is 0.381 e. The fraction of sp³-hybridized carbons (Fsp3) is 0.304. The molecule has 0 radical (unpaired) electrons. The van der Waals surface area contributed by atoms with Crippen LogP contribution in [0.3, 0.4) is 0 Å². The van der Waals surface area contributed by atoms with Gasteiger partial charge in [-0.2, -0.15) is 26.3 Å². The van der Waals surface area contributed by atoms with E-state index in [0.29, 0.717) is 17.8 Å². The Hall–Kier alpha value is -2.90. The van der Waals surface area contributed by atoms with E-state index in [1.165, 1.54) is 24.3 Å². The molecule has 0 bridgehead atoms. The standard InChI is InChI=1S/C23H22F6N2/c1-15-9-10-17(21(11-15)23(27,28)29)14-31-19-7-4-6-18(12-19)30-13-16-5-2-3-8-20(16)22(24,25)26/h2-8,10-12,15,30-31H,9,13-14H2,1H3. The first-order valence-electron chi connectivity index (χ1n) is 9.75. The predicted octanol–water partition coefficient (Wildman–Crippen LogP) is 7.18. The maximum atomic E-state index is 13.3. The van der Waals surface area contributed by atoms with Gasteiger partial charge in [0.05, 0.1) is 11.1 Å². The van der Waals surface area contributed by atoms with Gasteiger partial charge in [-0.15, -0.1) is 0 Å². The Kier molecular flexibility index (Phi) is 6.67. The largest absolute Gasteiger partial charge is 0.416 e. The molecule has 8 heteroatoms. The number of halogens is 6. The SMILES string of the molecule is CC1C=C(C(F)(F)F)C(CNc2cccc(NCc3ccccc3C(F)(F)F)c2)=CC1. The molecule has 0 saturated carbocycles. The minimum absolute atomic E-state index is 0.00156. The minimum atomic E-state index is -4.45. The highest BCUT2D eigenvalue weighted by Gasteiger charge is 2.37. The molecule has 0 aliphatic heterocycles. The number of alkyl halides is 6. The van der Waals surface area contributed by atoms with Crippen molar-refractivity contribution in [1.82, 2.24) is 0 Å². The van der Waals surface area contributed by atoms with Crippen molar-refractivity contribution in [3.05, 3.63) is 83.0 Å². The number of hydrogen-bond acceptors (Lipinski definition) is 2. The number of nitrogens with one attached hydrogen (secondary N) is 2. The highest BCUT2D eigenvalue weighted by atomic mass is 19.4. The number of benzene rings is 2. The van der Waals surface area contributed by atoms with E-state index in [9.17, 15) is 26.3 Å². The summed E-state index contributed by atoms with van der Waals surface area (Å²) in [6.07, 6.45) is -5.49. The molecule has 166 valence electrons. The maximum absolute atomic E-state index is 13.3. The third-order valence-corrected chi connectivity index (χ3v) is 4.99. The molecule has 1 aliphatic carbocycles. The summed E-state index contributed by atoms with van der Waals surface area (Å²) >= 11 is 0. The summed E-state index contributed by atoms with van der Waals surface area (Å²) in [4.78, 5) is 0. The van der Waals surface area contributed by atoms with Crippen LogP contribution in [0.4, 0.5) is 37.7 Å².